The zero-order chi connectivity index (χ0) is 12.3. The minimum absolute atomic E-state index is 0.317. The Bertz CT molecular complexity index is 385. The number of nitrogens with zero attached hydrogens (tertiary/aromatic N) is 2. The minimum atomic E-state index is -1.17. The lowest BCUT2D eigenvalue weighted by atomic mass is 9.89. The average Bonchev–Trinajstić information content (AvgIpc) is 2.96. The number of likely N-dealkylation sites (tertiary alicyclic amines) is 1. The second-order valence-corrected chi connectivity index (χ2v) is 5.39. The third-order valence-electron chi connectivity index (χ3n) is 3.31. The van der Waals surface area contributed by atoms with Crippen LogP contribution in [0.3, 0.4) is 0 Å². The summed E-state index contributed by atoms with van der Waals surface area (Å²) in [4.78, 5) is 14.3. The van der Waals surface area contributed by atoms with Crippen LogP contribution in [0.5, 0.6) is 0 Å². The van der Waals surface area contributed by atoms with E-state index >= 15 is 0 Å². The van der Waals surface area contributed by atoms with E-state index in [4.69, 9.17) is 5.11 Å². The molecule has 0 aromatic carbocycles. The first-order valence-electron chi connectivity index (χ1n) is 5.57. The van der Waals surface area contributed by atoms with Gasteiger partial charge in [0.2, 0.25) is 0 Å². The van der Waals surface area contributed by atoms with Crippen molar-refractivity contribution >= 4 is 17.5 Å². The standard InChI is InChI=1S/C11H15FN2O2S/c12-7-11(10(15)16)3-6-14(8-11)5-2-9-1-4-13-17-9/h1,4H,2-3,5-8H2,(H,15,16). The van der Waals surface area contributed by atoms with E-state index in [1.807, 2.05) is 11.0 Å². The van der Waals surface area contributed by atoms with Crippen LogP contribution in [0.1, 0.15) is 11.3 Å². The molecule has 1 aliphatic rings. The molecule has 94 valence electrons. The summed E-state index contributed by atoms with van der Waals surface area (Å²) in [5, 5.41) is 9.06. The third kappa shape index (κ3) is 2.63. The molecule has 6 heteroatoms. The molecule has 1 unspecified atom stereocenters. The highest BCUT2D eigenvalue weighted by atomic mass is 32.1. The first kappa shape index (κ1) is 12.4. The van der Waals surface area contributed by atoms with Crippen LogP contribution in [0.25, 0.3) is 0 Å². The molecule has 1 fully saturated rings. The van der Waals surface area contributed by atoms with Crippen molar-refractivity contribution in [1.82, 2.24) is 9.27 Å². The second-order valence-electron chi connectivity index (χ2n) is 4.47. The zero-order valence-electron chi connectivity index (χ0n) is 9.43. The molecule has 1 saturated heterocycles. The molecule has 1 aromatic heterocycles. The molecule has 17 heavy (non-hydrogen) atoms. The van der Waals surface area contributed by atoms with Gasteiger partial charge in [0.15, 0.2) is 0 Å². The van der Waals surface area contributed by atoms with Gasteiger partial charge in [-0.2, -0.15) is 0 Å². The van der Waals surface area contributed by atoms with Crippen LogP contribution < -0.4 is 0 Å². The predicted octanol–water partition coefficient (Wildman–Crippen LogP) is 1.43. The summed E-state index contributed by atoms with van der Waals surface area (Å²) in [7, 11) is 0. The highest BCUT2D eigenvalue weighted by molar-refractivity contribution is 7.05. The minimum Gasteiger partial charge on any atom is -0.481 e. The Morgan fingerprint density at radius 2 is 2.53 bits per heavy atom. The number of hydrogen-bond donors (Lipinski definition) is 1. The van der Waals surface area contributed by atoms with Crippen LogP contribution in [0.2, 0.25) is 0 Å². The lowest BCUT2D eigenvalue weighted by Crippen LogP contribution is -2.37. The molecule has 1 aromatic rings. The summed E-state index contributed by atoms with van der Waals surface area (Å²) < 4.78 is 16.9. The van der Waals surface area contributed by atoms with Gasteiger partial charge in [-0.05, 0) is 37.0 Å². The fourth-order valence-electron chi connectivity index (χ4n) is 2.13. The van der Waals surface area contributed by atoms with Gasteiger partial charge in [-0.3, -0.25) is 4.79 Å². The average molecular weight is 258 g/mol. The molecule has 0 aliphatic carbocycles. The van der Waals surface area contributed by atoms with Crippen LogP contribution in [0, 0.1) is 5.41 Å². The van der Waals surface area contributed by atoms with Crippen LogP contribution in [-0.2, 0) is 11.2 Å². The van der Waals surface area contributed by atoms with Crippen LogP contribution in [0.4, 0.5) is 4.39 Å². The molecule has 4 nitrogen and oxygen atoms in total. The van der Waals surface area contributed by atoms with Crippen molar-refractivity contribution in [1.29, 1.82) is 0 Å². The van der Waals surface area contributed by atoms with Crippen LogP contribution in [0.15, 0.2) is 12.3 Å². The number of alkyl halides is 1. The Morgan fingerprint density at radius 3 is 3.06 bits per heavy atom. The molecular formula is C11H15FN2O2S. The Labute approximate surface area is 103 Å². The van der Waals surface area contributed by atoms with Crippen molar-refractivity contribution in [3.8, 4) is 0 Å². The van der Waals surface area contributed by atoms with E-state index in [0.29, 0.717) is 19.5 Å². The quantitative estimate of drug-likeness (QED) is 0.868. The summed E-state index contributed by atoms with van der Waals surface area (Å²) in [5.74, 6) is -1.01. The van der Waals surface area contributed by atoms with Gasteiger partial charge in [-0.15, -0.1) is 0 Å². The number of carbonyl (C=O) groups is 1. The van der Waals surface area contributed by atoms with Crippen molar-refractivity contribution in [2.45, 2.75) is 12.8 Å². The first-order valence-corrected chi connectivity index (χ1v) is 6.35. The van der Waals surface area contributed by atoms with E-state index in [-0.39, 0.29) is 0 Å². The third-order valence-corrected chi connectivity index (χ3v) is 4.11. The molecule has 1 N–H and O–H groups in total. The van der Waals surface area contributed by atoms with Gasteiger partial charge in [0.05, 0.1) is 0 Å². The van der Waals surface area contributed by atoms with Crippen LogP contribution >= 0.6 is 11.5 Å². The topological polar surface area (TPSA) is 53.4 Å². The number of rotatable bonds is 5. The number of aliphatic carboxylic acids is 1. The number of hydrogen-bond acceptors (Lipinski definition) is 4. The van der Waals surface area contributed by atoms with E-state index in [1.54, 1.807) is 6.20 Å². The van der Waals surface area contributed by atoms with E-state index in [0.717, 1.165) is 13.0 Å². The lowest BCUT2D eigenvalue weighted by molar-refractivity contribution is -0.149. The molecule has 0 bridgehead atoms. The molecule has 0 saturated carbocycles. The highest BCUT2D eigenvalue weighted by Crippen LogP contribution is 2.31. The molecule has 2 heterocycles. The SMILES string of the molecule is O=C(O)C1(CF)CCN(CCc2ccns2)C1. The molecule has 0 amide bonds. The highest BCUT2D eigenvalue weighted by Gasteiger charge is 2.44. The van der Waals surface area contributed by atoms with Gasteiger partial charge in [0, 0.05) is 24.2 Å². The molecule has 1 aliphatic heterocycles. The maximum Gasteiger partial charge on any atom is 0.313 e. The Kier molecular flexibility index (Phi) is 3.73. The molecule has 1 atom stereocenters. The van der Waals surface area contributed by atoms with E-state index in [9.17, 15) is 9.18 Å². The van der Waals surface area contributed by atoms with Gasteiger partial charge in [0.25, 0.3) is 0 Å². The summed E-state index contributed by atoms with van der Waals surface area (Å²) in [5.41, 5.74) is -1.17. The second kappa shape index (κ2) is 5.10. The first-order chi connectivity index (χ1) is 8.16. The maximum atomic E-state index is 12.9. The normalized spacial score (nSPS) is 25.2. The number of carboxylic acid groups (broad SMARTS) is 1. The van der Waals surface area contributed by atoms with Crippen LogP contribution in [-0.4, -0.2) is 46.7 Å². The summed E-state index contributed by atoms with van der Waals surface area (Å²) in [6.07, 6.45) is 3.02. The molecule has 2 rings (SSSR count). The lowest BCUT2D eigenvalue weighted by Gasteiger charge is -2.21. The van der Waals surface area contributed by atoms with E-state index < -0.39 is 18.1 Å². The zero-order valence-corrected chi connectivity index (χ0v) is 10.2. The Hall–Kier alpha value is -1.01. The predicted molar refractivity (Wildman–Crippen MR) is 62.9 cm³/mol. The van der Waals surface area contributed by atoms with Crippen molar-refractivity contribution in [2.75, 3.05) is 26.3 Å². The summed E-state index contributed by atoms with van der Waals surface area (Å²) in [6.45, 7) is 0.975. The smallest absolute Gasteiger partial charge is 0.313 e. The van der Waals surface area contributed by atoms with Crippen molar-refractivity contribution in [2.24, 2.45) is 5.41 Å². The van der Waals surface area contributed by atoms with Gasteiger partial charge in [0.1, 0.15) is 12.1 Å². The summed E-state index contributed by atoms with van der Waals surface area (Å²) in [6, 6.07) is 1.96. The van der Waals surface area contributed by atoms with E-state index in [2.05, 4.69) is 4.37 Å². The van der Waals surface area contributed by atoms with Gasteiger partial charge in [-0.25, -0.2) is 8.76 Å². The van der Waals surface area contributed by atoms with Gasteiger partial charge < -0.3 is 10.0 Å². The molecule has 0 spiro atoms. The van der Waals surface area contributed by atoms with Crippen molar-refractivity contribution in [3.63, 3.8) is 0 Å². The molecular weight excluding hydrogens is 243 g/mol. The summed E-state index contributed by atoms with van der Waals surface area (Å²) >= 11 is 1.45. The monoisotopic (exact) mass is 258 g/mol. The largest absolute Gasteiger partial charge is 0.481 e. The molecule has 0 radical (unpaired) electrons. The fourth-order valence-corrected chi connectivity index (χ4v) is 2.69. The Balaban J connectivity index is 1.87. The van der Waals surface area contributed by atoms with Crippen molar-refractivity contribution in [3.05, 3.63) is 17.1 Å². The van der Waals surface area contributed by atoms with Gasteiger partial charge in [-0.1, -0.05) is 0 Å². The Morgan fingerprint density at radius 1 is 1.71 bits per heavy atom. The van der Waals surface area contributed by atoms with Gasteiger partial charge >= 0.3 is 5.97 Å². The number of halogens is 1. The van der Waals surface area contributed by atoms with Crippen molar-refractivity contribution < 1.29 is 14.3 Å². The number of carboxylic acids is 1. The van der Waals surface area contributed by atoms with E-state index in [1.165, 1.54) is 16.4 Å². The number of aromatic nitrogens is 1. The fraction of sp³-hybridized carbons (Fsp3) is 0.636. The maximum absolute atomic E-state index is 12.9.